The summed E-state index contributed by atoms with van der Waals surface area (Å²) in [6.07, 6.45) is 1.15. The number of benzene rings is 1. The zero-order valence-corrected chi connectivity index (χ0v) is 15.7. The van der Waals surface area contributed by atoms with Crippen LogP contribution in [-0.4, -0.2) is 37.0 Å². The van der Waals surface area contributed by atoms with Crippen LogP contribution in [0.4, 0.5) is 0 Å². The SMILES string of the molecule is CC(=O)Oc1ccc([C@H](CC(C)C)N2CCNCC2)cc1.Cl.Cl. The number of carbonyl (C=O) groups is 1. The monoisotopic (exact) mass is 362 g/mol. The largest absolute Gasteiger partial charge is 0.427 e. The summed E-state index contributed by atoms with van der Waals surface area (Å²) < 4.78 is 5.11. The third-order valence-electron chi connectivity index (χ3n) is 3.81. The van der Waals surface area contributed by atoms with Crippen LogP contribution in [0.3, 0.4) is 0 Å². The van der Waals surface area contributed by atoms with E-state index in [-0.39, 0.29) is 30.8 Å². The van der Waals surface area contributed by atoms with E-state index in [0.29, 0.717) is 17.7 Å². The Labute approximate surface area is 151 Å². The van der Waals surface area contributed by atoms with Crippen molar-refractivity contribution in [3.8, 4) is 5.75 Å². The summed E-state index contributed by atoms with van der Waals surface area (Å²) in [5, 5.41) is 3.41. The zero-order valence-electron chi connectivity index (χ0n) is 14.1. The van der Waals surface area contributed by atoms with Gasteiger partial charge in [-0.05, 0) is 30.0 Å². The molecule has 1 N–H and O–H groups in total. The van der Waals surface area contributed by atoms with E-state index in [9.17, 15) is 4.79 Å². The Balaban J connectivity index is 0.00000242. The van der Waals surface area contributed by atoms with Crippen molar-refractivity contribution < 1.29 is 9.53 Å². The van der Waals surface area contributed by atoms with Crippen LogP contribution >= 0.6 is 24.8 Å². The molecule has 23 heavy (non-hydrogen) atoms. The normalized spacial score (nSPS) is 16.2. The maximum absolute atomic E-state index is 11.0. The number of ether oxygens (including phenoxy) is 1. The summed E-state index contributed by atoms with van der Waals surface area (Å²) in [4.78, 5) is 13.5. The lowest BCUT2D eigenvalue weighted by Crippen LogP contribution is -2.45. The van der Waals surface area contributed by atoms with E-state index in [1.54, 1.807) is 0 Å². The number of hydrogen-bond acceptors (Lipinski definition) is 4. The van der Waals surface area contributed by atoms with Gasteiger partial charge in [0.15, 0.2) is 0 Å². The highest BCUT2D eigenvalue weighted by Crippen LogP contribution is 2.29. The molecule has 1 aromatic carbocycles. The lowest BCUT2D eigenvalue weighted by Gasteiger charge is -2.36. The van der Waals surface area contributed by atoms with Crippen molar-refractivity contribution in [3.63, 3.8) is 0 Å². The summed E-state index contributed by atoms with van der Waals surface area (Å²) >= 11 is 0. The van der Waals surface area contributed by atoms with E-state index < -0.39 is 0 Å². The molecule has 1 aliphatic rings. The molecule has 0 unspecified atom stereocenters. The molecule has 132 valence electrons. The van der Waals surface area contributed by atoms with Gasteiger partial charge in [-0.1, -0.05) is 26.0 Å². The second-order valence-corrected chi connectivity index (χ2v) is 6.09. The Morgan fingerprint density at radius 1 is 1.17 bits per heavy atom. The van der Waals surface area contributed by atoms with Gasteiger partial charge in [0.05, 0.1) is 0 Å². The summed E-state index contributed by atoms with van der Waals surface area (Å²) in [5.74, 6) is 0.997. The fourth-order valence-electron chi connectivity index (χ4n) is 2.86. The average molecular weight is 363 g/mol. The first kappa shape index (κ1) is 22.2. The van der Waals surface area contributed by atoms with Crippen molar-refractivity contribution in [2.75, 3.05) is 26.2 Å². The highest BCUT2D eigenvalue weighted by molar-refractivity contribution is 5.85. The number of piperazine rings is 1. The molecule has 0 radical (unpaired) electrons. The predicted octanol–water partition coefficient (Wildman–Crippen LogP) is 3.45. The maximum atomic E-state index is 11.0. The quantitative estimate of drug-likeness (QED) is 0.643. The van der Waals surface area contributed by atoms with E-state index >= 15 is 0 Å². The minimum atomic E-state index is -0.274. The number of nitrogens with zero attached hydrogens (tertiary/aromatic N) is 1. The maximum Gasteiger partial charge on any atom is 0.308 e. The number of esters is 1. The molecule has 6 heteroatoms. The second-order valence-electron chi connectivity index (χ2n) is 6.09. The molecule has 1 atom stereocenters. The van der Waals surface area contributed by atoms with E-state index in [0.717, 1.165) is 32.6 Å². The fraction of sp³-hybridized carbons (Fsp3) is 0.588. The van der Waals surface area contributed by atoms with Gasteiger partial charge in [-0.2, -0.15) is 0 Å². The average Bonchev–Trinajstić information content (AvgIpc) is 2.46. The molecule has 1 fully saturated rings. The third-order valence-corrected chi connectivity index (χ3v) is 3.81. The van der Waals surface area contributed by atoms with Gasteiger partial charge >= 0.3 is 5.97 Å². The standard InChI is InChI=1S/C17H26N2O2.2ClH/c1-13(2)12-17(19-10-8-18-9-11-19)15-4-6-16(7-5-15)21-14(3)20;;/h4-7,13,17-18H,8-12H2,1-3H3;2*1H/t17-;;/m0../s1. The number of hydrogen-bond donors (Lipinski definition) is 1. The van der Waals surface area contributed by atoms with E-state index in [1.165, 1.54) is 12.5 Å². The molecular weight excluding hydrogens is 335 g/mol. The number of nitrogens with one attached hydrogen (secondary N) is 1. The van der Waals surface area contributed by atoms with Crippen LogP contribution in [0.2, 0.25) is 0 Å². The molecule has 0 bridgehead atoms. The van der Waals surface area contributed by atoms with Crippen LogP contribution in [0.5, 0.6) is 5.75 Å². The molecule has 0 amide bonds. The highest BCUT2D eigenvalue weighted by atomic mass is 35.5. The molecule has 0 aliphatic carbocycles. The fourth-order valence-corrected chi connectivity index (χ4v) is 2.86. The van der Waals surface area contributed by atoms with Gasteiger partial charge in [0, 0.05) is 39.1 Å². The predicted molar refractivity (Wildman–Crippen MR) is 98.9 cm³/mol. The van der Waals surface area contributed by atoms with Crippen molar-refractivity contribution in [3.05, 3.63) is 29.8 Å². The Hall–Kier alpha value is -0.810. The van der Waals surface area contributed by atoms with Gasteiger partial charge in [0.25, 0.3) is 0 Å². The van der Waals surface area contributed by atoms with Crippen LogP contribution in [-0.2, 0) is 4.79 Å². The second kappa shape index (κ2) is 10.9. The first-order valence-electron chi connectivity index (χ1n) is 7.79. The highest BCUT2D eigenvalue weighted by Gasteiger charge is 2.23. The lowest BCUT2D eigenvalue weighted by molar-refractivity contribution is -0.131. The van der Waals surface area contributed by atoms with Crippen LogP contribution < -0.4 is 10.1 Å². The molecule has 4 nitrogen and oxygen atoms in total. The first-order chi connectivity index (χ1) is 10.1. The molecule has 0 saturated carbocycles. The van der Waals surface area contributed by atoms with Crippen molar-refractivity contribution in [1.82, 2.24) is 10.2 Å². The topological polar surface area (TPSA) is 41.6 Å². The molecule has 1 saturated heterocycles. The van der Waals surface area contributed by atoms with Crippen molar-refractivity contribution in [2.45, 2.75) is 33.2 Å². The van der Waals surface area contributed by atoms with E-state index in [1.807, 2.05) is 12.1 Å². The van der Waals surface area contributed by atoms with Gasteiger partial charge in [0.1, 0.15) is 5.75 Å². The van der Waals surface area contributed by atoms with Crippen LogP contribution in [0, 0.1) is 5.92 Å². The van der Waals surface area contributed by atoms with Crippen LogP contribution in [0.25, 0.3) is 0 Å². The summed E-state index contributed by atoms with van der Waals surface area (Å²) in [6.45, 7) is 10.2. The van der Waals surface area contributed by atoms with E-state index in [4.69, 9.17) is 4.74 Å². The Morgan fingerprint density at radius 3 is 2.22 bits per heavy atom. The molecule has 2 rings (SSSR count). The van der Waals surface area contributed by atoms with Gasteiger partial charge in [-0.15, -0.1) is 24.8 Å². The van der Waals surface area contributed by atoms with Gasteiger partial charge in [-0.3, -0.25) is 9.69 Å². The summed E-state index contributed by atoms with van der Waals surface area (Å²) in [6, 6.07) is 8.41. The van der Waals surface area contributed by atoms with Crippen molar-refractivity contribution in [2.24, 2.45) is 5.92 Å². The van der Waals surface area contributed by atoms with Gasteiger partial charge in [0.2, 0.25) is 0 Å². The smallest absolute Gasteiger partial charge is 0.308 e. The summed E-state index contributed by atoms with van der Waals surface area (Å²) in [5.41, 5.74) is 1.31. The lowest BCUT2D eigenvalue weighted by atomic mass is 9.95. The van der Waals surface area contributed by atoms with E-state index in [2.05, 4.69) is 36.2 Å². The minimum Gasteiger partial charge on any atom is -0.427 e. The molecule has 1 aliphatic heterocycles. The van der Waals surface area contributed by atoms with Crippen molar-refractivity contribution >= 4 is 30.8 Å². The molecule has 1 aromatic rings. The Bertz CT molecular complexity index is 460. The zero-order chi connectivity index (χ0) is 15.2. The van der Waals surface area contributed by atoms with Gasteiger partial charge < -0.3 is 10.1 Å². The van der Waals surface area contributed by atoms with Gasteiger partial charge in [-0.25, -0.2) is 0 Å². The Morgan fingerprint density at radius 2 is 1.74 bits per heavy atom. The third kappa shape index (κ3) is 7.08. The molecular formula is C17H28Cl2N2O2. The molecule has 0 aromatic heterocycles. The number of rotatable bonds is 5. The van der Waals surface area contributed by atoms with Crippen LogP contribution in [0.15, 0.2) is 24.3 Å². The first-order valence-corrected chi connectivity index (χ1v) is 7.79. The molecule has 1 heterocycles. The molecule has 0 spiro atoms. The minimum absolute atomic E-state index is 0. The van der Waals surface area contributed by atoms with Crippen LogP contribution in [0.1, 0.15) is 38.8 Å². The number of carbonyl (C=O) groups excluding carboxylic acids is 1. The van der Waals surface area contributed by atoms with Crippen molar-refractivity contribution in [1.29, 1.82) is 0 Å². The Kier molecular flexibility index (Phi) is 10.5. The summed E-state index contributed by atoms with van der Waals surface area (Å²) in [7, 11) is 0. The number of halogens is 2.